The summed E-state index contributed by atoms with van der Waals surface area (Å²) in [5.74, 6) is -0.347. The quantitative estimate of drug-likeness (QED) is 0.807. The van der Waals surface area contributed by atoms with E-state index in [1.165, 1.54) is 11.7 Å². The largest absolute Gasteiger partial charge is 0.496 e. The molecule has 1 heterocycles. The molecule has 0 aliphatic carbocycles. The van der Waals surface area contributed by atoms with Crippen molar-refractivity contribution in [3.8, 4) is 5.75 Å². The summed E-state index contributed by atoms with van der Waals surface area (Å²) in [4.78, 5) is 0.874. The smallest absolute Gasteiger partial charge is 0.451 e. The Labute approximate surface area is 147 Å². The first-order valence-electron chi connectivity index (χ1n) is 6.98. The predicted octanol–water partition coefficient (Wildman–Crippen LogP) is 2.30. The lowest BCUT2D eigenvalue weighted by Crippen LogP contribution is -3.07. The van der Waals surface area contributed by atoms with Crippen LogP contribution in [0.3, 0.4) is 0 Å². The Morgan fingerprint density at radius 2 is 2.04 bits per heavy atom. The van der Waals surface area contributed by atoms with E-state index in [4.69, 9.17) is 28.6 Å². The lowest BCUT2D eigenvalue weighted by atomic mass is 10.2. The average molecular weight is 382 g/mol. The molecule has 0 radical (unpaired) electrons. The van der Waals surface area contributed by atoms with Gasteiger partial charge < -0.3 is 9.64 Å². The van der Waals surface area contributed by atoms with Crippen molar-refractivity contribution in [2.45, 2.75) is 19.4 Å². The van der Waals surface area contributed by atoms with E-state index in [0.717, 1.165) is 15.0 Å². The highest BCUT2D eigenvalue weighted by atomic mass is 35.5. The number of quaternary nitrogens is 1. The lowest BCUT2D eigenvalue weighted by Gasteiger charge is -2.16. The van der Waals surface area contributed by atoms with Crippen molar-refractivity contribution in [2.24, 2.45) is 7.05 Å². The van der Waals surface area contributed by atoms with E-state index in [1.807, 2.05) is 7.05 Å². The van der Waals surface area contributed by atoms with Crippen LogP contribution in [0.15, 0.2) is 18.2 Å². The number of halogens is 4. The Bertz CT molecular complexity index is 787. The molecule has 0 amide bonds. The summed E-state index contributed by atoms with van der Waals surface area (Å²) in [6, 6.07) is 5.23. The van der Waals surface area contributed by atoms with Crippen molar-refractivity contribution < 1.29 is 22.8 Å². The summed E-state index contributed by atoms with van der Waals surface area (Å²) in [6.07, 6.45) is -4.54. The molecule has 0 fully saturated rings. The molecule has 0 aliphatic heterocycles. The molecule has 1 atom stereocenters. The second-order valence-electron chi connectivity index (χ2n) is 5.41. The third kappa shape index (κ3) is 4.08. The lowest BCUT2D eigenvalue weighted by molar-refractivity contribution is -0.917. The van der Waals surface area contributed by atoms with E-state index in [2.05, 4.69) is 5.10 Å². The second-order valence-corrected chi connectivity index (χ2v) is 6.21. The Morgan fingerprint density at radius 3 is 2.58 bits per heavy atom. The van der Waals surface area contributed by atoms with E-state index in [-0.39, 0.29) is 11.4 Å². The second kappa shape index (κ2) is 7.12. The fourth-order valence-electron chi connectivity index (χ4n) is 2.36. The van der Waals surface area contributed by atoms with Gasteiger partial charge in [0, 0.05) is 17.6 Å². The maximum absolute atomic E-state index is 12.9. The zero-order chi connectivity index (χ0) is 18.1. The first-order valence-corrected chi connectivity index (χ1v) is 7.77. The van der Waals surface area contributed by atoms with Crippen molar-refractivity contribution in [1.82, 2.24) is 14.3 Å². The minimum Gasteiger partial charge on any atom is -0.496 e. The van der Waals surface area contributed by atoms with Crippen molar-refractivity contribution >= 4 is 23.8 Å². The molecular formula is C14H17ClF3N4OS+. The number of alkyl halides is 3. The molecule has 1 aromatic heterocycles. The van der Waals surface area contributed by atoms with Gasteiger partial charge in [-0.15, -0.1) is 5.10 Å². The summed E-state index contributed by atoms with van der Waals surface area (Å²) in [7, 11) is 4.63. The number of nitrogens with zero attached hydrogens (tertiary/aromatic N) is 3. The Balaban J connectivity index is 2.21. The summed E-state index contributed by atoms with van der Waals surface area (Å²) >= 11 is 11.0. The SMILES string of the molecule is COc1ccc(Cl)cc1C[NH+](C)Cn1nc(C(F)(F)F)n(C)c1=S. The van der Waals surface area contributed by atoms with Gasteiger partial charge in [-0.05, 0) is 30.4 Å². The van der Waals surface area contributed by atoms with E-state index in [1.54, 1.807) is 25.3 Å². The van der Waals surface area contributed by atoms with Gasteiger partial charge >= 0.3 is 6.18 Å². The van der Waals surface area contributed by atoms with Gasteiger partial charge in [0.25, 0.3) is 0 Å². The van der Waals surface area contributed by atoms with Gasteiger partial charge in [-0.2, -0.15) is 17.9 Å². The van der Waals surface area contributed by atoms with Crippen LogP contribution in [0.25, 0.3) is 0 Å². The van der Waals surface area contributed by atoms with Crippen LogP contribution < -0.4 is 9.64 Å². The van der Waals surface area contributed by atoms with Crippen LogP contribution in [0.4, 0.5) is 13.2 Å². The number of aromatic nitrogens is 3. The standard InChI is InChI=1S/C14H16ClF3N4OS/c1-20(7-9-6-10(15)4-5-11(9)23-3)8-22-13(24)21(2)12(19-22)14(16,17)18/h4-6H,7-8H2,1-3H3/p+1. The number of nitrogens with one attached hydrogen (secondary N) is 1. The first-order chi connectivity index (χ1) is 11.1. The van der Waals surface area contributed by atoms with E-state index >= 15 is 0 Å². The molecule has 1 unspecified atom stereocenters. The molecule has 5 nitrogen and oxygen atoms in total. The number of benzene rings is 1. The van der Waals surface area contributed by atoms with Gasteiger partial charge in [-0.25, -0.2) is 0 Å². The monoisotopic (exact) mass is 381 g/mol. The topological polar surface area (TPSA) is 36.4 Å². The number of methoxy groups -OCH3 is 1. The van der Waals surface area contributed by atoms with Crippen molar-refractivity contribution in [2.75, 3.05) is 14.2 Å². The van der Waals surface area contributed by atoms with Crippen molar-refractivity contribution in [3.05, 3.63) is 39.4 Å². The first kappa shape index (κ1) is 18.8. The Hall–Kier alpha value is -1.58. The molecular weight excluding hydrogens is 365 g/mol. The molecule has 0 bridgehead atoms. The van der Waals surface area contributed by atoms with Gasteiger partial charge in [0.15, 0.2) is 6.67 Å². The fourth-order valence-corrected chi connectivity index (χ4v) is 2.75. The maximum Gasteiger partial charge on any atom is 0.451 e. The molecule has 1 N–H and O–H groups in total. The van der Waals surface area contributed by atoms with Crippen LogP contribution in [0.5, 0.6) is 5.75 Å². The van der Waals surface area contributed by atoms with Gasteiger partial charge in [-0.3, -0.25) is 4.57 Å². The van der Waals surface area contributed by atoms with Gasteiger partial charge in [-0.1, -0.05) is 11.6 Å². The summed E-state index contributed by atoms with van der Waals surface area (Å²) in [5.41, 5.74) is 0.848. The molecule has 0 saturated carbocycles. The van der Waals surface area contributed by atoms with Gasteiger partial charge in [0.05, 0.1) is 14.2 Å². The van der Waals surface area contributed by atoms with E-state index in [0.29, 0.717) is 17.3 Å². The molecule has 132 valence electrons. The highest BCUT2D eigenvalue weighted by Gasteiger charge is 2.37. The minimum absolute atomic E-state index is 0.0136. The van der Waals surface area contributed by atoms with Crippen molar-refractivity contribution in [1.29, 1.82) is 0 Å². The van der Waals surface area contributed by atoms with Crippen molar-refractivity contribution in [3.63, 3.8) is 0 Å². The number of hydrogen-bond acceptors (Lipinski definition) is 3. The zero-order valence-corrected chi connectivity index (χ0v) is 14.9. The van der Waals surface area contributed by atoms with Crippen LogP contribution in [0, 0.1) is 4.77 Å². The summed E-state index contributed by atoms with van der Waals surface area (Å²) < 4.78 is 46.0. The minimum atomic E-state index is -4.54. The normalized spacial score (nSPS) is 13.1. The number of ether oxygens (including phenoxy) is 1. The van der Waals surface area contributed by atoms with E-state index in [9.17, 15) is 13.2 Å². The molecule has 2 aromatic rings. The molecule has 10 heteroatoms. The highest BCUT2D eigenvalue weighted by Crippen LogP contribution is 2.27. The third-order valence-electron chi connectivity index (χ3n) is 3.45. The van der Waals surface area contributed by atoms with E-state index < -0.39 is 12.0 Å². The zero-order valence-electron chi connectivity index (χ0n) is 13.3. The van der Waals surface area contributed by atoms with Gasteiger partial charge in [0.1, 0.15) is 12.3 Å². The Morgan fingerprint density at radius 1 is 1.38 bits per heavy atom. The molecule has 24 heavy (non-hydrogen) atoms. The molecule has 0 saturated heterocycles. The summed E-state index contributed by atoms with van der Waals surface area (Å²) in [6.45, 7) is 0.669. The molecule has 0 aliphatic rings. The molecule has 1 aromatic carbocycles. The van der Waals surface area contributed by atoms with Crippen LogP contribution in [-0.2, 0) is 26.4 Å². The molecule has 0 spiro atoms. The van der Waals surface area contributed by atoms with Crippen LogP contribution in [0.2, 0.25) is 5.02 Å². The maximum atomic E-state index is 12.9. The van der Waals surface area contributed by atoms with Crippen LogP contribution in [0.1, 0.15) is 11.4 Å². The Kier molecular flexibility index (Phi) is 5.56. The highest BCUT2D eigenvalue weighted by molar-refractivity contribution is 7.71. The van der Waals surface area contributed by atoms with Gasteiger partial charge in [0.2, 0.25) is 10.6 Å². The fraction of sp³-hybridized carbons (Fsp3) is 0.429. The van der Waals surface area contributed by atoms with Crippen LogP contribution >= 0.6 is 23.8 Å². The number of hydrogen-bond donors (Lipinski definition) is 1. The van der Waals surface area contributed by atoms with Crippen LogP contribution in [-0.4, -0.2) is 28.5 Å². The molecule has 2 rings (SSSR count). The predicted molar refractivity (Wildman–Crippen MR) is 85.6 cm³/mol. The third-order valence-corrected chi connectivity index (χ3v) is 4.17. The average Bonchev–Trinajstić information content (AvgIpc) is 2.76. The summed E-state index contributed by atoms with van der Waals surface area (Å²) in [5, 5.41) is 4.16. The number of rotatable bonds is 5.